The summed E-state index contributed by atoms with van der Waals surface area (Å²) in [5.41, 5.74) is 2.42. The highest BCUT2D eigenvalue weighted by Gasteiger charge is 1.94. The summed E-state index contributed by atoms with van der Waals surface area (Å²) in [6, 6.07) is 2.02. The van der Waals surface area contributed by atoms with Gasteiger partial charge in [0.05, 0.1) is 0 Å². The molecule has 0 saturated carbocycles. The van der Waals surface area contributed by atoms with Gasteiger partial charge in [0.25, 0.3) is 0 Å². The van der Waals surface area contributed by atoms with Crippen molar-refractivity contribution in [1.82, 2.24) is 4.98 Å². The highest BCUT2D eigenvalue weighted by Crippen LogP contribution is 2.11. The van der Waals surface area contributed by atoms with Gasteiger partial charge < -0.3 is 0 Å². The Bertz CT molecular complexity index is 200. The summed E-state index contributed by atoms with van der Waals surface area (Å²) in [6.45, 7) is 4.11. The maximum absolute atomic E-state index is 4.13. The Kier molecular flexibility index (Phi) is 2.05. The Labute approximate surface area is 68.6 Å². The quantitative estimate of drug-likeness (QED) is 0.626. The standard InChI is InChI=1S/C7H8IN/c1-5-6(2)9-4-3-7(5)8/h3-4H,1-2H3. The van der Waals surface area contributed by atoms with Crippen molar-refractivity contribution >= 4 is 22.6 Å². The lowest BCUT2D eigenvalue weighted by molar-refractivity contribution is 1.14. The van der Waals surface area contributed by atoms with Gasteiger partial charge in [0.2, 0.25) is 0 Å². The van der Waals surface area contributed by atoms with Crippen molar-refractivity contribution in [3.05, 3.63) is 27.1 Å². The van der Waals surface area contributed by atoms with Gasteiger partial charge in [0.15, 0.2) is 0 Å². The first-order valence-corrected chi connectivity index (χ1v) is 3.87. The monoisotopic (exact) mass is 233 g/mol. The molecule has 0 N–H and O–H groups in total. The van der Waals surface area contributed by atoms with Crippen LogP contribution in [0.15, 0.2) is 12.3 Å². The Hall–Kier alpha value is -0.120. The second kappa shape index (κ2) is 2.64. The SMILES string of the molecule is Cc1nccc(I)c1C. The summed E-state index contributed by atoms with van der Waals surface area (Å²) < 4.78 is 1.29. The summed E-state index contributed by atoms with van der Waals surface area (Å²) in [5.74, 6) is 0. The number of aromatic nitrogens is 1. The molecule has 0 atom stereocenters. The summed E-state index contributed by atoms with van der Waals surface area (Å²) >= 11 is 2.31. The fourth-order valence-corrected chi connectivity index (χ4v) is 1.16. The topological polar surface area (TPSA) is 12.9 Å². The molecule has 0 aliphatic carbocycles. The molecule has 0 spiro atoms. The lowest BCUT2D eigenvalue weighted by Gasteiger charge is -1.98. The largest absolute Gasteiger partial charge is 0.261 e. The second-order valence-corrected chi connectivity index (χ2v) is 3.17. The van der Waals surface area contributed by atoms with Gasteiger partial charge in [0.1, 0.15) is 0 Å². The van der Waals surface area contributed by atoms with Crippen LogP contribution in [0, 0.1) is 17.4 Å². The van der Waals surface area contributed by atoms with Gasteiger partial charge in [-0.3, -0.25) is 4.98 Å². The van der Waals surface area contributed by atoms with Gasteiger partial charge in [0, 0.05) is 15.5 Å². The lowest BCUT2D eigenvalue weighted by Crippen LogP contribution is -1.87. The van der Waals surface area contributed by atoms with Crippen LogP contribution in [0.4, 0.5) is 0 Å². The smallest absolute Gasteiger partial charge is 0.0412 e. The van der Waals surface area contributed by atoms with Gasteiger partial charge in [-0.2, -0.15) is 0 Å². The minimum Gasteiger partial charge on any atom is -0.261 e. The van der Waals surface area contributed by atoms with E-state index in [2.05, 4.69) is 34.5 Å². The molecule has 1 aromatic heterocycles. The average molecular weight is 233 g/mol. The van der Waals surface area contributed by atoms with E-state index in [9.17, 15) is 0 Å². The molecule has 0 aliphatic heterocycles. The molecule has 0 aromatic carbocycles. The molecule has 0 saturated heterocycles. The fourth-order valence-electron chi connectivity index (χ4n) is 0.609. The molecule has 1 nitrogen and oxygen atoms in total. The Balaban J connectivity index is 3.25. The number of halogens is 1. The molecule has 0 amide bonds. The summed E-state index contributed by atoms with van der Waals surface area (Å²) in [4.78, 5) is 4.13. The van der Waals surface area contributed by atoms with Crippen molar-refractivity contribution in [2.45, 2.75) is 13.8 Å². The van der Waals surface area contributed by atoms with Crippen LogP contribution in [-0.4, -0.2) is 4.98 Å². The third kappa shape index (κ3) is 1.41. The molecule has 1 heterocycles. The average Bonchev–Trinajstić information content (AvgIpc) is 1.83. The van der Waals surface area contributed by atoms with E-state index < -0.39 is 0 Å². The lowest BCUT2D eigenvalue weighted by atomic mass is 10.2. The van der Waals surface area contributed by atoms with Gasteiger partial charge in [-0.05, 0) is 48.1 Å². The van der Waals surface area contributed by atoms with Gasteiger partial charge in [-0.25, -0.2) is 0 Å². The minimum absolute atomic E-state index is 1.13. The van der Waals surface area contributed by atoms with Gasteiger partial charge in [-0.1, -0.05) is 0 Å². The number of hydrogen-bond donors (Lipinski definition) is 0. The molecule has 0 aliphatic rings. The highest BCUT2D eigenvalue weighted by atomic mass is 127. The number of hydrogen-bond acceptors (Lipinski definition) is 1. The number of aryl methyl sites for hydroxylation is 1. The van der Waals surface area contributed by atoms with Crippen molar-refractivity contribution in [1.29, 1.82) is 0 Å². The number of nitrogens with zero attached hydrogens (tertiary/aromatic N) is 1. The van der Waals surface area contributed by atoms with Crippen molar-refractivity contribution < 1.29 is 0 Å². The summed E-state index contributed by atoms with van der Waals surface area (Å²) in [7, 11) is 0. The predicted octanol–water partition coefficient (Wildman–Crippen LogP) is 2.30. The number of rotatable bonds is 0. The van der Waals surface area contributed by atoms with Gasteiger partial charge >= 0.3 is 0 Å². The van der Waals surface area contributed by atoms with E-state index in [0.717, 1.165) is 5.69 Å². The maximum Gasteiger partial charge on any atom is 0.0412 e. The van der Waals surface area contributed by atoms with Crippen molar-refractivity contribution in [3.8, 4) is 0 Å². The molecule has 1 aromatic rings. The molecular weight excluding hydrogens is 225 g/mol. The van der Waals surface area contributed by atoms with Crippen molar-refractivity contribution in [3.63, 3.8) is 0 Å². The zero-order chi connectivity index (χ0) is 6.85. The summed E-state index contributed by atoms with van der Waals surface area (Å²) in [6.07, 6.45) is 1.84. The molecule has 48 valence electrons. The van der Waals surface area contributed by atoms with Gasteiger partial charge in [-0.15, -0.1) is 0 Å². The molecule has 2 heteroatoms. The fraction of sp³-hybridized carbons (Fsp3) is 0.286. The first kappa shape index (κ1) is 6.99. The van der Waals surface area contributed by atoms with E-state index in [1.165, 1.54) is 9.13 Å². The minimum atomic E-state index is 1.13. The van der Waals surface area contributed by atoms with Crippen molar-refractivity contribution in [2.75, 3.05) is 0 Å². The van der Waals surface area contributed by atoms with Crippen LogP contribution >= 0.6 is 22.6 Å². The van der Waals surface area contributed by atoms with E-state index in [1.54, 1.807) is 0 Å². The van der Waals surface area contributed by atoms with Crippen LogP contribution in [-0.2, 0) is 0 Å². The van der Waals surface area contributed by atoms with E-state index in [-0.39, 0.29) is 0 Å². The van der Waals surface area contributed by atoms with E-state index in [0.29, 0.717) is 0 Å². The zero-order valence-electron chi connectivity index (χ0n) is 5.48. The predicted molar refractivity (Wildman–Crippen MR) is 46.4 cm³/mol. The van der Waals surface area contributed by atoms with Crippen molar-refractivity contribution in [2.24, 2.45) is 0 Å². The highest BCUT2D eigenvalue weighted by molar-refractivity contribution is 14.1. The third-order valence-electron chi connectivity index (χ3n) is 1.39. The zero-order valence-corrected chi connectivity index (χ0v) is 7.64. The van der Waals surface area contributed by atoms with Crippen LogP contribution in [0.5, 0.6) is 0 Å². The Morgan fingerprint density at radius 1 is 1.44 bits per heavy atom. The summed E-state index contributed by atoms with van der Waals surface area (Å²) in [5, 5.41) is 0. The molecule has 1 rings (SSSR count). The normalized spacial score (nSPS) is 9.67. The first-order valence-electron chi connectivity index (χ1n) is 2.79. The van der Waals surface area contributed by atoms with E-state index >= 15 is 0 Å². The van der Waals surface area contributed by atoms with Crippen LogP contribution in [0.25, 0.3) is 0 Å². The maximum atomic E-state index is 4.13. The number of pyridine rings is 1. The Morgan fingerprint density at radius 3 is 2.56 bits per heavy atom. The second-order valence-electron chi connectivity index (χ2n) is 2.00. The van der Waals surface area contributed by atoms with E-state index in [4.69, 9.17) is 0 Å². The van der Waals surface area contributed by atoms with Crippen LogP contribution in [0.2, 0.25) is 0 Å². The molecule has 0 fully saturated rings. The van der Waals surface area contributed by atoms with Crippen LogP contribution < -0.4 is 0 Å². The first-order chi connectivity index (χ1) is 4.22. The van der Waals surface area contributed by atoms with Crippen LogP contribution in [0.1, 0.15) is 11.3 Å². The molecule has 0 bridgehead atoms. The van der Waals surface area contributed by atoms with E-state index in [1.807, 2.05) is 19.2 Å². The molecule has 0 unspecified atom stereocenters. The molecule has 9 heavy (non-hydrogen) atoms. The molecular formula is C7H8IN. The van der Waals surface area contributed by atoms with Crippen LogP contribution in [0.3, 0.4) is 0 Å². The third-order valence-corrected chi connectivity index (χ3v) is 2.56. The molecule has 0 radical (unpaired) electrons. The Morgan fingerprint density at radius 2 is 2.11 bits per heavy atom.